The van der Waals surface area contributed by atoms with Crippen LogP contribution in [0.25, 0.3) is 11.1 Å². The first-order valence-electron chi connectivity index (χ1n) is 4.31. The summed E-state index contributed by atoms with van der Waals surface area (Å²) in [6, 6.07) is 13.1. The number of nitrogen functional groups attached to an aromatic ring is 1. The van der Waals surface area contributed by atoms with Gasteiger partial charge in [-0.25, -0.2) is 4.73 Å². The summed E-state index contributed by atoms with van der Waals surface area (Å²) in [5.74, 6) is 0.213. The number of aromatic nitrogens is 1. The predicted molar refractivity (Wildman–Crippen MR) is 55.3 cm³/mol. The number of benzene rings is 1. The molecule has 0 bridgehead atoms. The van der Waals surface area contributed by atoms with Crippen LogP contribution < -0.4 is 10.5 Å². The molecule has 0 aliphatic heterocycles. The van der Waals surface area contributed by atoms with Gasteiger partial charge in [0.2, 0.25) is 0 Å². The Morgan fingerprint density at radius 3 is 2.29 bits per heavy atom. The minimum atomic E-state index is 0.213. The van der Waals surface area contributed by atoms with E-state index in [1.807, 2.05) is 36.4 Å². The van der Waals surface area contributed by atoms with Crippen molar-refractivity contribution in [2.45, 2.75) is 0 Å². The largest absolute Gasteiger partial charge is 0.711 e. The molecule has 2 N–H and O–H groups in total. The zero-order valence-corrected chi connectivity index (χ0v) is 7.55. The van der Waals surface area contributed by atoms with E-state index in [4.69, 9.17) is 5.73 Å². The maximum Gasteiger partial charge on any atom is 0.275 e. The average Bonchev–Trinajstić information content (AvgIpc) is 2.23. The zero-order valence-electron chi connectivity index (χ0n) is 7.55. The van der Waals surface area contributed by atoms with E-state index in [1.165, 1.54) is 6.20 Å². The van der Waals surface area contributed by atoms with E-state index in [1.54, 1.807) is 6.07 Å². The standard InChI is InChI=1S/C11H10N2O/c12-11-7-6-10(8-13(11)14)9-4-2-1-3-5-9/h1-8H,12H2. The van der Waals surface area contributed by atoms with E-state index in [0.29, 0.717) is 4.73 Å². The van der Waals surface area contributed by atoms with Gasteiger partial charge in [0.1, 0.15) is 6.20 Å². The smallest absolute Gasteiger partial charge is 0.275 e. The molecule has 3 heteroatoms. The zero-order chi connectivity index (χ0) is 9.97. The lowest BCUT2D eigenvalue weighted by Gasteiger charge is -2.06. The van der Waals surface area contributed by atoms with Gasteiger partial charge in [-0.2, -0.15) is 0 Å². The molecule has 3 nitrogen and oxygen atoms in total. The van der Waals surface area contributed by atoms with Crippen LogP contribution >= 0.6 is 0 Å². The third kappa shape index (κ3) is 1.52. The Bertz CT molecular complexity index is 440. The molecule has 0 saturated heterocycles. The van der Waals surface area contributed by atoms with Crippen LogP contribution in [0.15, 0.2) is 48.7 Å². The molecule has 0 aliphatic rings. The van der Waals surface area contributed by atoms with Crippen molar-refractivity contribution in [3.63, 3.8) is 0 Å². The van der Waals surface area contributed by atoms with Crippen LogP contribution in [0.2, 0.25) is 0 Å². The van der Waals surface area contributed by atoms with Gasteiger partial charge < -0.3 is 5.21 Å². The monoisotopic (exact) mass is 186 g/mol. The molecule has 70 valence electrons. The Morgan fingerprint density at radius 2 is 1.64 bits per heavy atom. The van der Waals surface area contributed by atoms with Gasteiger partial charge in [-0.3, -0.25) is 5.73 Å². The Kier molecular flexibility index (Phi) is 2.07. The number of anilines is 1. The topological polar surface area (TPSA) is 53.0 Å². The van der Waals surface area contributed by atoms with Crippen molar-refractivity contribution in [2.75, 3.05) is 5.73 Å². The average molecular weight is 186 g/mol. The lowest BCUT2D eigenvalue weighted by atomic mass is 10.1. The van der Waals surface area contributed by atoms with Crippen LogP contribution in [0.5, 0.6) is 0 Å². The molecule has 0 aliphatic carbocycles. The quantitative estimate of drug-likeness (QED) is 0.543. The predicted octanol–water partition coefficient (Wildman–Crippen LogP) is 1.57. The molecule has 1 aromatic carbocycles. The van der Waals surface area contributed by atoms with Gasteiger partial charge >= 0.3 is 0 Å². The Hall–Kier alpha value is -2.03. The van der Waals surface area contributed by atoms with Crippen molar-refractivity contribution in [3.05, 3.63) is 53.9 Å². The van der Waals surface area contributed by atoms with E-state index in [0.717, 1.165) is 11.1 Å². The minimum Gasteiger partial charge on any atom is -0.711 e. The van der Waals surface area contributed by atoms with E-state index in [2.05, 4.69) is 0 Å². The van der Waals surface area contributed by atoms with Crippen molar-refractivity contribution < 1.29 is 4.73 Å². The third-order valence-corrected chi connectivity index (χ3v) is 2.05. The summed E-state index contributed by atoms with van der Waals surface area (Å²) in [4.78, 5) is 0. The normalized spacial score (nSPS) is 10.0. The Labute approximate surface area is 82.0 Å². The van der Waals surface area contributed by atoms with Crippen molar-refractivity contribution in [2.24, 2.45) is 0 Å². The first-order chi connectivity index (χ1) is 6.77. The summed E-state index contributed by atoms with van der Waals surface area (Å²) in [7, 11) is 0. The number of pyridine rings is 1. The molecule has 0 spiro atoms. The minimum absolute atomic E-state index is 0.213. The molecule has 14 heavy (non-hydrogen) atoms. The van der Waals surface area contributed by atoms with E-state index in [-0.39, 0.29) is 5.82 Å². The molecule has 1 aromatic heterocycles. The van der Waals surface area contributed by atoms with Crippen LogP contribution in [0.3, 0.4) is 0 Å². The first kappa shape index (κ1) is 8.56. The SMILES string of the molecule is Nc1ccc(-c2ccccc2)c[n+]1[O-]. The number of nitrogens with zero attached hydrogens (tertiary/aromatic N) is 1. The maximum atomic E-state index is 11.2. The van der Waals surface area contributed by atoms with Gasteiger partial charge in [0, 0.05) is 11.6 Å². The number of rotatable bonds is 1. The molecule has 0 saturated carbocycles. The Balaban J connectivity index is 2.48. The van der Waals surface area contributed by atoms with Crippen molar-refractivity contribution in [3.8, 4) is 11.1 Å². The van der Waals surface area contributed by atoms with Gasteiger partial charge in [0.15, 0.2) is 0 Å². The summed E-state index contributed by atoms with van der Waals surface area (Å²) >= 11 is 0. The second-order valence-electron chi connectivity index (χ2n) is 3.03. The van der Waals surface area contributed by atoms with E-state index in [9.17, 15) is 5.21 Å². The molecule has 0 atom stereocenters. The van der Waals surface area contributed by atoms with Gasteiger partial charge in [-0.1, -0.05) is 30.3 Å². The molecule has 0 amide bonds. The van der Waals surface area contributed by atoms with Crippen molar-refractivity contribution >= 4 is 5.82 Å². The molecule has 1 heterocycles. The van der Waals surface area contributed by atoms with Crippen LogP contribution in [-0.4, -0.2) is 0 Å². The fourth-order valence-electron chi connectivity index (χ4n) is 1.29. The Morgan fingerprint density at radius 1 is 0.929 bits per heavy atom. The van der Waals surface area contributed by atoms with Crippen molar-refractivity contribution in [1.29, 1.82) is 0 Å². The molecule has 0 fully saturated rings. The van der Waals surface area contributed by atoms with Gasteiger partial charge in [0.05, 0.1) is 0 Å². The molecule has 2 aromatic rings. The summed E-state index contributed by atoms with van der Waals surface area (Å²) in [6.07, 6.45) is 1.48. The van der Waals surface area contributed by atoms with Crippen LogP contribution in [0.4, 0.5) is 5.82 Å². The van der Waals surface area contributed by atoms with Gasteiger partial charge in [-0.15, -0.1) is 0 Å². The second kappa shape index (κ2) is 3.38. The van der Waals surface area contributed by atoms with E-state index >= 15 is 0 Å². The summed E-state index contributed by atoms with van der Waals surface area (Å²) in [5, 5.41) is 11.2. The number of nitrogens with two attached hydrogens (primary N) is 1. The summed E-state index contributed by atoms with van der Waals surface area (Å²) in [5.41, 5.74) is 7.30. The molecule has 0 radical (unpaired) electrons. The molecular formula is C11H10N2O. The lowest BCUT2D eigenvalue weighted by Crippen LogP contribution is -2.29. The fraction of sp³-hybridized carbons (Fsp3) is 0. The summed E-state index contributed by atoms with van der Waals surface area (Å²) in [6.45, 7) is 0. The summed E-state index contributed by atoms with van der Waals surface area (Å²) < 4.78 is 0.669. The highest BCUT2D eigenvalue weighted by Crippen LogP contribution is 2.16. The van der Waals surface area contributed by atoms with Crippen LogP contribution in [-0.2, 0) is 0 Å². The number of hydrogen-bond acceptors (Lipinski definition) is 2. The highest BCUT2D eigenvalue weighted by molar-refractivity contribution is 5.61. The maximum absolute atomic E-state index is 11.2. The molecule has 2 rings (SSSR count). The highest BCUT2D eigenvalue weighted by atomic mass is 16.5. The van der Waals surface area contributed by atoms with Crippen LogP contribution in [0, 0.1) is 5.21 Å². The van der Waals surface area contributed by atoms with Crippen LogP contribution in [0.1, 0.15) is 0 Å². The third-order valence-electron chi connectivity index (χ3n) is 2.05. The first-order valence-corrected chi connectivity index (χ1v) is 4.31. The fourth-order valence-corrected chi connectivity index (χ4v) is 1.29. The number of hydrogen-bond donors (Lipinski definition) is 1. The van der Waals surface area contributed by atoms with E-state index < -0.39 is 0 Å². The molecule has 0 unspecified atom stereocenters. The van der Waals surface area contributed by atoms with Gasteiger partial charge in [0.25, 0.3) is 5.82 Å². The highest BCUT2D eigenvalue weighted by Gasteiger charge is 2.00. The van der Waals surface area contributed by atoms with Crippen molar-refractivity contribution in [1.82, 2.24) is 0 Å². The molecular weight excluding hydrogens is 176 g/mol. The lowest BCUT2D eigenvalue weighted by molar-refractivity contribution is -0.589. The van der Waals surface area contributed by atoms with Gasteiger partial charge in [-0.05, 0) is 11.6 Å². The second-order valence-corrected chi connectivity index (χ2v) is 3.03.